The lowest BCUT2D eigenvalue weighted by atomic mass is 10.6. The van der Waals surface area contributed by atoms with Crippen molar-refractivity contribution in [1.82, 2.24) is 24.7 Å². The van der Waals surface area contributed by atoms with Crippen LogP contribution in [-0.4, -0.2) is 37.9 Å². The van der Waals surface area contributed by atoms with Crippen LogP contribution in [0.4, 0.5) is 5.95 Å². The number of hydrogen-bond acceptors (Lipinski definition) is 6. The van der Waals surface area contributed by atoms with Gasteiger partial charge in [0.15, 0.2) is 0 Å². The quantitative estimate of drug-likeness (QED) is 0.849. The Bertz CT molecular complexity index is 489. The molecule has 18 heavy (non-hydrogen) atoms. The number of nitrogens with zero attached hydrogens (tertiary/aromatic N) is 5. The molecular weight excluding hydrogens is 256 g/mol. The van der Waals surface area contributed by atoms with Crippen molar-refractivity contribution in [1.29, 1.82) is 0 Å². The lowest BCUT2D eigenvalue weighted by molar-refractivity contribution is 0.312. The molecule has 2 rings (SSSR count). The van der Waals surface area contributed by atoms with Crippen molar-refractivity contribution in [2.75, 3.05) is 18.5 Å². The molecule has 1 N–H and O–H groups in total. The lowest BCUT2D eigenvalue weighted by Crippen LogP contribution is -2.13. The summed E-state index contributed by atoms with van der Waals surface area (Å²) in [5, 5.41) is 7.23. The van der Waals surface area contributed by atoms with Crippen LogP contribution in [0.15, 0.2) is 18.5 Å². The smallest absolute Gasteiger partial charge is 0.322 e. The number of nitrogens with one attached hydrogen (secondary N) is 1. The number of aromatic nitrogens is 5. The zero-order chi connectivity index (χ0) is 12.8. The van der Waals surface area contributed by atoms with Gasteiger partial charge in [-0.3, -0.25) is 4.68 Å². The van der Waals surface area contributed by atoms with Gasteiger partial charge in [-0.2, -0.15) is 20.1 Å². The van der Waals surface area contributed by atoms with Crippen LogP contribution in [0, 0.1) is 0 Å². The highest BCUT2D eigenvalue weighted by Gasteiger charge is 2.04. The van der Waals surface area contributed by atoms with E-state index in [1.54, 1.807) is 10.9 Å². The molecule has 0 aliphatic rings. The predicted octanol–water partition coefficient (Wildman–Crippen LogP) is 1.23. The van der Waals surface area contributed by atoms with Gasteiger partial charge < -0.3 is 10.1 Å². The van der Waals surface area contributed by atoms with E-state index < -0.39 is 0 Å². The average molecular weight is 269 g/mol. The molecule has 0 bridgehead atoms. The average Bonchev–Trinajstić information content (AvgIpc) is 2.82. The molecule has 7 nitrogen and oxygen atoms in total. The second-order valence-corrected chi connectivity index (χ2v) is 3.68. The van der Waals surface area contributed by atoms with Crippen molar-refractivity contribution in [2.24, 2.45) is 0 Å². The minimum atomic E-state index is 0.107. The van der Waals surface area contributed by atoms with Crippen molar-refractivity contribution in [3.63, 3.8) is 0 Å². The first-order valence-electron chi connectivity index (χ1n) is 5.53. The van der Waals surface area contributed by atoms with Gasteiger partial charge in [-0.05, 0) is 24.6 Å². The summed E-state index contributed by atoms with van der Waals surface area (Å²) >= 11 is 5.76. The third-order valence-electron chi connectivity index (χ3n) is 2.04. The van der Waals surface area contributed by atoms with Gasteiger partial charge in [-0.1, -0.05) is 0 Å². The molecule has 0 aromatic carbocycles. The number of hydrogen-bond donors (Lipinski definition) is 1. The first kappa shape index (κ1) is 12.6. The predicted molar refractivity (Wildman–Crippen MR) is 66.7 cm³/mol. The van der Waals surface area contributed by atoms with E-state index in [-0.39, 0.29) is 11.3 Å². The zero-order valence-corrected chi connectivity index (χ0v) is 10.6. The summed E-state index contributed by atoms with van der Waals surface area (Å²) in [7, 11) is 0. The lowest BCUT2D eigenvalue weighted by Gasteiger charge is -2.06. The van der Waals surface area contributed by atoms with Crippen molar-refractivity contribution in [2.45, 2.75) is 13.5 Å². The number of ether oxygens (including phenoxy) is 1. The van der Waals surface area contributed by atoms with Crippen LogP contribution in [0.25, 0.3) is 0 Å². The van der Waals surface area contributed by atoms with Crippen molar-refractivity contribution in [3.8, 4) is 6.01 Å². The van der Waals surface area contributed by atoms with Crippen molar-refractivity contribution in [3.05, 3.63) is 23.7 Å². The van der Waals surface area contributed by atoms with Crippen molar-refractivity contribution < 1.29 is 4.74 Å². The van der Waals surface area contributed by atoms with Crippen molar-refractivity contribution >= 4 is 17.5 Å². The highest BCUT2D eigenvalue weighted by atomic mass is 35.5. The normalized spacial score (nSPS) is 10.3. The van der Waals surface area contributed by atoms with E-state index in [9.17, 15) is 0 Å². The van der Waals surface area contributed by atoms with Gasteiger partial charge in [0.05, 0.1) is 13.2 Å². The maximum atomic E-state index is 5.76. The summed E-state index contributed by atoms with van der Waals surface area (Å²) in [5.74, 6) is 0.394. The van der Waals surface area contributed by atoms with E-state index in [1.807, 2.05) is 19.2 Å². The van der Waals surface area contributed by atoms with Crippen LogP contribution in [0.5, 0.6) is 6.01 Å². The third kappa shape index (κ3) is 3.56. The van der Waals surface area contributed by atoms with Crippen LogP contribution in [-0.2, 0) is 6.54 Å². The van der Waals surface area contributed by atoms with E-state index in [4.69, 9.17) is 16.3 Å². The minimum Gasteiger partial charge on any atom is -0.464 e. The summed E-state index contributed by atoms with van der Waals surface area (Å²) in [6, 6.07) is 2.09. The number of anilines is 1. The van der Waals surface area contributed by atoms with Gasteiger partial charge in [0.1, 0.15) is 0 Å². The fourth-order valence-corrected chi connectivity index (χ4v) is 1.47. The highest BCUT2D eigenvalue weighted by Crippen LogP contribution is 2.10. The van der Waals surface area contributed by atoms with E-state index in [1.165, 1.54) is 0 Å². The topological polar surface area (TPSA) is 77.8 Å². The molecule has 0 unspecified atom stereocenters. The summed E-state index contributed by atoms with van der Waals surface area (Å²) < 4.78 is 6.98. The Balaban J connectivity index is 1.92. The Labute approximate surface area is 109 Å². The van der Waals surface area contributed by atoms with Crippen LogP contribution < -0.4 is 10.1 Å². The van der Waals surface area contributed by atoms with Crippen LogP contribution >= 0.6 is 11.6 Å². The Hall–Kier alpha value is -1.89. The molecular formula is C10H13ClN6O. The molecule has 96 valence electrons. The fraction of sp³-hybridized carbons (Fsp3) is 0.400. The third-order valence-corrected chi connectivity index (χ3v) is 2.21. The Morgan fingerprint density at radius 3 is 3.00 bits per heavy atom. The fourth-order valence-electron chi connectivity index (χ4n) is 1.32. The molecule has 0 fully saturated rings. The van der Waals surface area contributed by atoms with Gasteiger partial charge in [0.2, 0.25) is 11.2 Å². The molecule has 0 radical (unpaired) electrons. The molecule has 0 saturated heterocycles. The molecule has 0 saturated carbocycles. The van der Waals surface area contributed by atoms with Gasteiger partial charge in [-0.15, -0.1) is 0 Å². The van der Waals surface area contributed by atoms with Gasteiger partial charge in [-0.25, -0.2) is 0 Å². The maximum absolute atomic E-state index is 5.76. The molecule has 0 amide bonds. The van der Waals surface area contributed by atoms with Gasteiger partial charge >= 0.3 is 6.01 Å². The Morgan fingerprint density at radius 1 is 1.39 bits per heavy atom. The standard InChI is InChI=1S/C10H13ClN6O/c1-2-18-10-15-8(11)14-9(16-10)12-5-7-17-6-3-4-13-17/h3-4,6H,2,5,7H2,1H3,(H,12,14,15,16). The van der Waals surface area contributed by atoms with Crippen LogP contribution in [0.3, 0.4) is 0 Å². The Morgan fingerprint density at radius 2 is 2.28 bits per heavy atom. The van der Waals surface area contributed by atoms with Gasteiger partial charge in [0.25, 0.3) is 0 Å². The molecule has 2 aromatic rings. The van der Waals surface area contributed by atoms with E-state index in [0.717, 1.165) is 0 Å². The SMILES string of the molecule is CCOc1nc(Cl)nc(NCCn2cccn2)n1. The molecule has 0 aliphatic heterocycles. The monoisotopic (exact) mass is 268 g/mol. The number of rotatable bonds is 6. The van der Waals surface area contributed by atoms with Crippen LogP contribution in [0.2, 0.25) is 5.28 Å². The number of halogens is 1. The molecule has 8 heteroatoms. The Kier molecular flexibility index (Phi) is 4.30. The van der Waals surface area contributed by atoms with Gasteiger partial charge in [0, 0.05) is 18.9 Å². The van der Waals surface area contributed by atoms with Crippen LogP contribution in [0.1, 0.15) is 6.92 Å². The first-order valence-corrected chi connectivity index (χ1v) is 5.91. The molecule has 0 atom stereocenters. The summed E-state index contributed by atoms with van der Waals surface area (Å²) in [6.07, 6.45) is 3.61. The molecule has 0 aliphatic carbocycles. The summed E-state index contributed by atoms with van der Waals surface area (Å²) in [5.41, 5.74) is 0. The summed E-state index contributed by atoms with van der Waals surface area (Å²) in [4.78, 5) is 11.9. The van der Waals surface area contributed by atoms with E-state index >= 15 is 0 Å². The maximum Gasteiger partial charge on any atom is 0.322 e. The van der Waals surface area contributed by atoms with E-state index in [2.05, 4.69) is 25.4 Å². The highest BCUT2D eigenvalue weighted by molar-refractivity contribution is 6.28. The second kappa shape index (κ2) is 6.15. The molecule has 2 heterocycles. The minimum absolute atomic E-state index is 0.107. The van der Waals surface area contributed by atoms with E-state index in [0.29, 0.717) is 25.6 Å². The largest absolute Gasteiger partial charge is 0.464 e. The zero-order valence-electron chi connectivity index (χ0n) is 9.88. The molecule has 0 spiro atoms. The molecule has 2 aromatic heterocycles. The second-order valence-electron chi connectivity index (χ2n) is 3.34. The first-order chi connectivity index (χ1) is 8.78. The summed E-state index contributed by atoms with van der Waals surface area (Å²) in [6.45, 7) is 3.67.